The molecule has 3 heterocycles. The Labute approximate surface area is 173 Å². The van der Waals surface area contributed by atoms with E-state index < -0.39 is 12.0 Å². The van der Waals surface area contributed by atoms with E-state index in [9.17, 15) is 9.59 Å². The number of rotatable bonds is 5. The summed E-state index contributed by atoms with van der Waals surface area (Å²) in [5.74, 6) is -0.0990. The minimum absolute atomic E-state index is 0.0458. The summed E-state index contributed by atoms with van der Waals surface area (Å²) in [6.07, 6.45) is -0.827. The zero-order valence-corrected chi connectivity index (χ0v) is 17.2. The standard InChI is InChI=1S/C20H25N5O3S/c1-14-22-15(13-29-14)10-23-6-8-24(9-7-23)12-19(26)25-11-18(20(21)27)28-17-5-3-2-4-16(17)25/h2-5,13,18H,6-12H2,1H3,(H2,21,27)/t18-/m1/s1. The van der Waals surface area contributed by atoms with E-state index in [0.717, 1.165) is 43.4 Å². The van der Waals surface area contributed by atoms with Gasteiger partial charge in [0.1, 0.15) is 5.75 Å². The van der Waals surface area contributed by atoms with Crippen LogP contribution < -0.4 is 15.4 Å². The van der Waals surface area contributed by atoms with Crippen LogP contribution in [0.2, 0.25) is 0 Å². The Hall–Kier alpha value is -2.49. The number of benzene rings is 1. The van der Waals surface area contributed by atoms with Crippen molar-refractivity contribution >= 4 is 28.8 Å². The molecule has 2 aliphatic heterocycles. The number of hydrogen-bond acceptors (Lipinski definition) is 7. The van der Waals surface area contributed by atoms with Gasteiger partial charge in [0.15, 0.2) is 6.10 Å². The summed E-state index contributed by atoms with van der Waals surface area (Å²) >= 11 is 1.67. The number of para-hydroxylation sites is 2. The molecule has 0 bridgehead atoms. The molecule has 0 radical (unpaired) electrons. The van der Waals surface area contributed by atoms with Crippen molar-refractivity contribution in [1.29, 1.82) is 0 Å². The second-order valence-corrected chi connectivity index (χ2v) is 8.45. The molecular formula is C20H25N5O3S. The van der Waals surface area contributed by atoms with Gasteiger partial charge in [0, 0.05) is 38.1 Å². The van der Waals surface area contributed by atoms with Crippen LogP contribution in [0.1, 0.15) is 10.7 Å². The number of ether oxygens (including phenoxy) is 1. The first-order chi connectivity index (χ1) is 14.0. The van der Waals surface area contributed by atoms with Crippen LogP contribution in [0.3, 0.4) is 0 Å². The van der Waals surface area contributed by atoms with E-state index in [1.807, 2.05) is 25.1 Å². The summed E-state index contributed by atoms with van der Waals surface area (Å²) in [5.41, 5.74) is 7.23. The number of amides is 2. The molecule has 1 aromatic heterocycles. The van der Waals surface area contributed by atoms with Crippen molar-refractivity contribution in [3.63, 3.8) is 0 Å². The lowest BCUT2D eigenvalue weighted by Crippen LogP contribution is -2.53. The van der Waals surface area contributed by atoms with E-state index >= 15 is 0 Å². The number of carbonyl (C=O) groups excluding carboxylic acids is 2. The van der Waals surface area contributed by atoms with Gasteiger partial charge >= 0.3 is 0 Å². The predicted octanol–water partition coefficient (Wildman–Crippen LogP) is 0.849. The second kappa shape index (κ2) is 8.48. The third kappa shape index (κ3) is 4.58. The highest BCUT2D eigenvalue weighted by molar-refractivity contribution is 7.09. The van der Waals surface area contributed by atoms with E-state index in [-0.39, 0.29) is 12.5 Å². The molecule has 29 heavy (non-hydrogen) atoms. The van der Waals surface area contributed by atoms with Gasteiger partial charge in [0.2, 0.25) is 5.91 Å². The maximum atomic E-state index is 13.0. The smallest absolute Gasteiger partial charge is 0.260 e. The predicted molar refractivity (Wildman–Crippen MR) is 111 cm³/mol. The Morgan fingerprint density at radius 3 is 2.62 bits per heavy atom. The van der Waals surface area contributed by atoms with Gasteiger partial charge in [-0.05, 0) is 19.1 Å². The van der Waals surface area contributed by atoms with Crippen LogP contribution in [0.15, 0.2) is 29.6 Å². The Morgan fingerprint density at radius 1 is 1.21 bits per heavy atom. The van der Waals surface area contributed by atoms with Crippen LogP contribution in [-0.4, -0.2) is 72.0 Å². The number of nitrogens with zero attached hydrogens (tertiary/aromatic N) is 4. The molecule has 1 atom stereocenters. The lowest BCUT2D eigenvalue weighted by Gasteiger charge is -2.37. The number of primary amides is 1. The monoisotopic (exact) mass is 415 g/mol. The molecule has 4 rings (SSSR count). The number of hydrogen-bond donors (Lipinski definition) is 1. The van der Waals surface area contributed by atoms with Crippen LogP contribution in [0.4, 0.5) is 5.69 Å². The lowest BCUT2D eigenvalue weighted by molar-refractivity contribution is -0.125. The van der Waals surface area contributed by atoms with E-state index in [4.69, 9.17) is 10.5 Å². The molecule has 0 unspecified atom stereocenters. The fourth-order valence-corrected chi connectivity index (χ4v) is 4.31. The molecule has 1 aromatic carbocycles. The van der Waals surface area contributed by atoms with Crippen molar-refractivity contribution in [1.82, 2.24) is 14.8 Å². The highest BCUT2D eigenvalue weighted by Gasteiger charge is 2.33. The summed E-state index contributed by atoms with van der Waals surface area (Å²) in [6, 6.07) is 7.25. The molecule has 2 aliphatic rings. The topological polar surface area (TPSA) is 92.0 Å². The lowest BCUT2D eigenvalue weighted by atomic mass is 10.1. The van der Waals surface area contributed by atoms with Crippen LogP contribution >= 0.6 is 11.3 Å². The minimum atomic E-state index is -0.827. The average Bonchev–Trinajstić information content (AvgIpc) is 3.13. The van der Waals surface area contributed by atoms with Gasteiger partial charge in [-0.25, -0.2) is 4.98 Å². The molecule has 2 aromatic rings. The summed E-state index contributed by atoms with van der Waals surface area (Å²) in [4.78, 5) is 35.3. The largest absolute Gasteiger partial charge is 0.477 e. The zero-order valence-electron chi connectivity index (χ0n) is 16.4. The quantitative estimate of drug-likeness (QED) is 0.778. The van der Waals surface area contributed by atoms with Crippen LogP contribution in [-0.2, 0) is 16.1 Å². The maximum absolute atomic E-state index is 13.0. The van der Waals surface area contributed by atoms with E-state index in [1.165, 1.54) is 0 Å². The number of aryl methyl sites for hydroxylation is 1. The van der Waals surface area contributed by atoms with Gasteiger partial charge in [0.25, 0.3) is 5.91 Å². The Morgan fingerprint density at radius 2 is 1.93 bits per heavy atom. The fraction of sp³-hybridized carbons (Fsp3) is 0.450. The molecule has 0 spiro atoms. The van der Waals surface area contributed by atoms with Crippen molar-refractivity contribution < 1.29 is 14.3 Å². The van der Waals surface area contributed by atoms with Crippen molar-refractivity contribution in [2.24, 2.45) is 5.73 Å². The number of anilines is 1. The van der Waals surface area contributed by atoms with Crippen molar-refractivity contribution in [3.8, 4) is 5.75 Å². The fourth-order valence-electron chi connectivity index (χ4n) is 3.71. The molecule has 2 N–H and O–H groups in total. The van der Waals surface area contributed by atoms with E-state index in [2.05, 4.69) is 20.2 Å². The number of fused-ring (bicyclic) bond motifs is 1. The molecule has 1 saturated heterocycles. The summed E-state index contributed by atoms with van der Waals surface area (Å²) in [7, 11) is 0. The molecule has 2 amide bonds. The maximum Gasteiger partial charge on any atom is 0.260 e. The Bertz CT molecular complexity index is 894. The van der Waals surface area contributed by atoms with Crippen molar-refractivity contribution in [2.75, 3.05) is 44.2 Å². The first-order valence-corrected chi connectivity index (χ1v) is 10.6. The third-order valence-corrected chi connectivity index (χ3v) is 6.09. The SMILES string of the molecule is Cc1nc(CN2CCN(CC(=O)N3C[C@H](C(N)=O)Oc4ccccc43)CC2)cs1. The molecule has 154 valence electrons. The van der Waals surface area contributed by atoms with Crippen LogP contribution in [0.5, 0.6) is 5.75 Å². The number of nitrogens with two attached hydrogens (primary N) is 1. The van der Waals surface area contributed by atoms with Crippen LogP contribution in [0.25, 0.3) is 0 Å². The Kier molecular flexibility index (Phi) is 5.79. The number of thiazole rings is 1. The third-order valence-electron chi connectivity index (χ3n) is 5.27. The summed E-state index contributed by atoms with van der Waals surface area (Å²) < 4.78 is 5.64. The number of carbonyl (C=O) groups is 2. The zero-order chi connectivity index (χ0) is 20.4. The highest BCUT2D eigenvalue weighted by Crippen LogP contribution is 2.33. The van der Waals surface area contributed by atoms with E-state index in [1.54, 1.807) is 22.3 Å². The van der Waals surface area contributed by atoms with Crippen molar-refractivity contribution in [3.05, 3.63) is 40.3 Å². The van der Waals surface area contributed by atoms with Gasteiger partial charge in [-0.15, -0.1) is 11.3 Å². The number of piperazine rings is 1. The minimum Gasteiger partial charge on any atom is -0.477 e. The molecular weight excluding hydrogens is 390 g/mol. The van der Waals surface area contributed by atoms with Gasteiger partial charge in [-0.1, -0.05) is 12.1 Å². The van der Waals surface area contributed by atoms with Gasteiger partial charge < -0.3 is 15.4 Å². The van der Waals surface area contributed by atoms with E-state index in [0.29, 0.717) is 18.0 Å². The molecule has 9 heteroatoms. The second-order valence-electron chi connectivity index (χ2n) is 7.39. The van der Waals surface area contributed by atoms with Crippen LogP contribution in [0, 0.1) is 6.92 Å². The normalized spacial score (nSPS) is 20.2. The first-order valence-electron chi connectivity index (χ1n) is 9.70. The molecule has 0 aliphatic carbocycles. The van der Waals surface area contributed by atoms with Crippen molar-refractivity contribution in [2.45, 2.75) is 19.6 Å². The number of aromatic nitrogens is 1. The highest BCUT2D eigenvalue weighted by atomic mass is 32.1. The summed E-state index contributed by atoms with van der Waals surface area (Å²) in [6.45, 7) is 6.76. The Balaban J connectivity index is 1.35. The molecule has 8 nitrogen and oxygen atoms in total. The average molecular weight is 416 g/mol. The first kappa shape index (κ1) is 19.8. The molecule has 0 saturated carbocycles. The molecule has 1 fully saturated rings. The van der Waals surface area contributed by atoms with Gasteiger partial charge in [-0.3, -0.25) is 19.4 Å². The van der Waals surface area contributed by atoms with Gasteiger partial charge in [-0.2, -0.15) is 0 Å². The summed E-state index contributed by atoms with van der Waals surface area (Å²) in [5, 5.41) is 3.19. The van der Waals surface area contributed by atoms with Gasteiger partial charge in [0.05, 0.1) is 29.5 Å².